The van der Waals surface area contributed by atoms with E-state index in [9.17, 15) is 9.59 Å². The normalized spacial score (nSPS) is 12.0. The molecule has 0 unspecified atom stereocenters. The van der Waals surface area contributed by atoms with Crippen molar-refractivity contribution in [3.05, 3.63) is 71.0 Å². The number of hydrogen-bond donors (Lipinski definition) is 1. The van der Waals surface area contributed by atoms with Crippen LogP contribution in [0.1, 0.15) is 54.1 Å². The van der Waals surface area contributed by atoms with Crippen LogP contribution in [-0.2, 0) is 27.3 Å². The lowest BCUT2D eigenvalue weighted by atomic mass is 10.1. The summed E-state index contributed by atoms with van der Waals surface area (Å²) in [6.45, 7) is 6.21. The summed E-state index contributed by atoms with van der Waals surface area (Å²) in [5, 5.41) is 3.64. The van der Waals surface area contributed by atoms with Gasteiger partial charge in [-0.1, -0.05) is 49.4 Å². The van der Waals surface area contributed by atoms with E-state index in [0.717, 1.165) is 17.4 Å². The Balaban J connectivity index is 1.62. The minimum atomic E-state index is -0.684. The van der Waals surface area contributed by atoms with E-state index in [1.54, 1.807) is 6.07 Å². The van der Waals surface area contributed by atoms with E-state index in [-0.39, 0.29) is 30.9 Å². The van der Waals surface area contributed by atoms with Gasteiger partial charge in [-0.2, -0.15) is 0 Å². The molecule has 2 aromatic carbocycles. The fourth-order valence-electron chi connectivity index (χ4n) is 3.22. The van der Waals surface area contributed by atoms with Crippen LogP contribution < -0.4 is 5.32 Å². The minimum Gasteiger partial charge on any atom is -0.450 e. The van der Waals surface area contributed by atoms with Gasteiger partial charge in [0.15, 0.2) is 6.61 Å². The number of para-hydroxylation sites is 1. The van der Waals surface area contributed by atoms with Gasteiger partial charge in [0.05, 0.1) is 12.6 Å². The zero-order valence-electron chi connectivity index (χ0n) is 17.6. The molecule has 0 spiro atoms. The third-order valence-electron chi connectivity index (χ3n) is 4.93. The first-order valence-corrected chi connectivity index (χ1v) is 10.2. The van der Waals surface area contributed by atoms with Crippen LogP contribution >= 0.6 is 0 Å². The van der Waals surface area contributed by atoms with E-state index in [1.165, 1.54) is 5.56 Å². The molecule has 0 fully saturated rings. The van der Waals surface area contributed by atoms with Gasteiger partial charge < -0.3 is 19.2 Å². The molecule has 0 aliphatic heterocycles. The number of rotatable bonds is 9. The van der Waals surface area contributed by atoms with Crippen molar-refractivity contribution >= 4 is 22.8 Å². The summed E-state index contributed by atoms with van der Waals surface area (Å²) < 4.78 is 16.4. The van der Waals surface area contributed by atoms with Crippen molar-refractivity contribution in [1.29, 1.82) is 0 Å². The highest BCUT2D eigenvalue weighted by atomic mass is 16.5. The number of esters is 1. The number of aryl methyl sites for hydroxylation is 1. The highest BCUT2D eigenvalue weighted by Gasteiger charge is 2.23. The van der Waals surface area contributed by atoms with E-state index < -0.39 is 5.97 Å². The Morgan fingerprint density at radius 3 is 2.50 bits per heavy atom. The Morgan fingerprint density at radius 1 is 1.07 bits per heavy atom. The maximum atomic E-state index is 12.6. The summed E-state index contributed by atoms with van der Waals surface area (Å²) in [6.07, 6.45) is 0.962. The Bertz CT molecular complexity index is 1010. The van der Waals surface area contributed by atoms with Gasteiger partial charge in [0.1, 0.15) is 5.58 Å². The van der Waals surface area contributed by atoms with Crippen molar-refractivity contribution < 1.29 is 23.5 Å². The quantitative estimate of drug-likeness (QED) is 0.524. The molecule has 0 aliphatic carbocycles. The average molecular weight is 409 g/mol. The Morgan fingerprint density at radius 2 is 1.80 bits per heavy atom. The molecule has 3 rings (SSSR count). The number of ether oxygens (including phenoxy) is 2. The molecule has 0 bridgehead atoms. The number of hydrogen-bond acceptors (Lipinski definition) is 5. The highest BCUT2D eigenvalue weighted by molar-refractivity contribution is 5.96. The summed E-state index contributed by atoms with van der Waals surface area (Å²) in [7, 11) is 0. The summed E-state index contributed by atoms with van der Waals surface area (Å²) in [5.74, 6) is -0.991. The number of amides is 1. The molecule has 3 aromatic rings. The molecule has 0 saturated carbocycles. The topological polar surface area (TPSA) is 77.8 Å². The molecule has 1 heterocycles. The summed E-state index contributed by atoms with van der Waals surface area (Å²) in [4.78, 5) is 24.8. The first-order chi connectivity index (χ1) is 14.5. The molecule has 1 aromatic heterocycles. The molecule has 6 nitrogen and oxygen atoms in total. The Kier molecular flexibility index (Phi) is 7.25. The van der Waals surface area contributed by atoms with Crippen LogP contribution in [0.5, 0.6) is 0 Å². The molecule has 158 valence electrons. The molecule has 0 radical (unpaired) electrons. The van der Waals surface area contributed by atoms with Crippen molar-refractivity contribution in [1.82, 2.24) is 5.32 Å². The molecule has 1 N–H and O–H groups in total. The summed E-state index contributed by atoms with van der Waals surface area (Å²) >= 11 is 0. The molecule has 1 amide bonds. The van der Waals surface area contributed by atoms with Crippen molar-refractivity contribution in [2.45, 2.75) is 39.8 Å². The van der Waals surface area contributed by atoms with Gasteiger partial charge in [0.2, 0.25) is 5.76 Å². The van der Waals surface area contributed by atoms with Gasteiger partial charge in [-0.15, -0.1) is 0 Å². The van der Waals surface area contributed by atoms with E-state index in [1.807, 2.05) is 56.3 Å². The molecule has 6 heteroatoms. The SMILES string of the molecule is CCOCc1c(C(=O)OCC(=O)N[C@@H](C)c2ccc(CC)cc2)oc2ccccc12. The largest absolute Gasteiger partial charge is 0.450 e. The van der Waals surface area contributed by atoms with Gasteiger partial charge in [-0.05, 0) is 37.5 Å². The van der Waals surface area contributed by atoms with Crippen molar-refractivity contribution in [3.63, 3.8) is 0 Å². The van der Waals surface area contributed by atoms with Gasteiger partial charge in [-0.25, -0.2) is 4.79 Å². The average Bonchev–Trinajstić information content (AvgIpc) is 3.14. The van der Waals surface area contributed by atoms with Crippen molar-refractivity contribution in [2.75, 3.05) is 13.2 Å². The second-order valence-electron chi connectivity index (χ2n) is 7.00. The lowest BCUT2D eigenvalue weighted by Crippen LogP contribution is -2.31. The van der Waals surface area contributed by atoms with E-state index in [0.29, 0.717) is 17.8 Å². The van der Waals surface area contributed by atoms with Crippen molar-refractivity contribution in [3.8, 4) is 0 Å². The maximum absolute atomic E-state index is 12.6. The Labute approximate surface area is 176 Å². The first-order valence-electron chi connectivity index (χ1n) is 10.2. The summed E-state index contributed by atoms with van der Waals surface area (Å²) in [6, 6.07) is 15.2. The number of fused-ring (bicyclic) bond motifs is 1. The van der Waals surface area contributed by atoms with Crippen LogP contribution in [0, 0.1) is 0 Å². The van der Waals surface area contributed by atoms with Crippen LogP contribution in [0.15, 0.2) is 52.9 Å². The number of furan rings is 1. The third-order valence-corrected chi connectivity index (χ3v) is 4.93. The molecule has 0 saturated heterocycles. The maximum Gasteiger partial charge on any atom is 0.375 e. The lowest BCUT2D eigenvalue weighted by Gasteiger charge is -2.15. The fraction of sp³-hybridized carbons (Fsp3) is 0.333. The molecule has 0 aliphatic rings. The lowest BCUT2D eigenvalue weighted by molar-refractivity contribution is -0.124. The smallest absolute Gasteiger partial charge is 0.375 e. The second kappa shape index (κ2) is 10.1. The summed E-state index contributed by atoms with van der Waals surface area (Å²) in [5.41, 5.74) is 3.43. The monoisotopic (exact) mass is 409 g/mol. The van der Waals surface area contributed by atoms with Gasteiger partial charge in [0, 0.05) is 17.6 Å². The van der Waals surface area contributed by atoms with Crippen LogP contribution in [0.3, 0.4) is 0 Å². The Hall–Kier alpha value is -3.12. The van der Waals surface area contributed by atoms with Crippen LogP contribution in [-0.4, -0.2) is 25.1 Å². The van der Waals surface area contributed by atoms with Gasteiger partial charge in [-0.3, -0.25) is 4.79 Å². The number of nitrogens with one attached hydrogen (secondary N) is 1. The first kappa shape index (κ1) is 21.6. The highest BCUT2D eigenvalue weighted by Crippen LogP contribution is 2.27. The predicted octanol–water partition coefficient (Wildman–Crippen LogP) is 4.57. The van der Waals surface area contributed by atoms with Crippen LogP contribution in [0.2, 0.25) is 0 Å². The predicted molar refractivity (Wildman–Crippen MR) is 114 cm³/mol. The molecule has 30 heavy (non-hydrogen) atoms. The van der Waals surface area contributed by atoms with E-state index in [2.05, 4.69) is 12.2 Å². The zero-order valence-corrected chi connectivity index (χ0v) is 17.6. The number of benzene rings is 2. The number of carbonyl (C=O) groups is 2. The minimum absolute atomic E-state index is 0.0700. The molecular formula is C24H27NO5. The number of carbonyl (C=O) groups excluding carboxylic acids is 2. The second-order valence-corrected chi connectivity index (χ2v) is 7.00. The van der Waals surface area contributed by atoms with E-state index in [4.69, 9.17) is 13.9 Å². The molecule has 1 atom stereocenters. The van der Waals surface area contributed by atoms with E-state index >= 15 is 0 Å². The zero-order chi connectivity index (χ0) is 21.5. The van der Waals surface area contributed by atoms with Crippen molar-refractivity contribution in [2.24, 2.45) is 0 Å². The standard InChI is InChI=1S/C24H27NO5/c1-4-17-10-12-18(13-11-17)16(3)25-22(26)15-29-24(27)23-20(14-28-5-2)19-8-6-7-9-21(19)30-23/h6-13,16H,4-5,14-15H2,1-3H3,(H,25,26)/t16-/m0/s1. The molecular weight excluding hydrogens is 382 g/mol. The van der Waals surface area contributed by atoms with Gasteiger partial charge in [0.25, 0.3) is 5.91 Å². The third kappa shape index (κ3) is 5.07. The van der Waals surface area contributed by atoms with Gasteiger partial charge >= 0.3 is 5.97 Å². The van der Waals surface area contributed by atoms with Crippen LogP contribution in [0.4, 0.5) is 0 Å². The fourth-order valence-corrected chi connectivity index (χ4v) is 3.22. The van der Waals surface area contributed by atoms with Crippen LogP contribution in [0.25, 0.3) is 11.0 Å².